The van der Waals surface area contributed by atoms with Crippen molar-refractivity contribution in [3.8, 4) is 0 Å². The standard InChI is InChI=1S/C10H8F2O3.C10H10F2O2/c11-6-1-2-7(8(12)5-6)9(13)3-4-10(14)15;11-8-5-4-7(9(12)6-8)2-1-3-10(13)14/h1-2,5H,3-4H2,(H,14,15);4-6H,1-3H2,(H,13,14). The van der Waals surface area contributed by atoms with Crippen molar-refractivity contribution in [3.63, 3.8) is 0 Å². The van der Waals surface area contributed by atoms with Crippen LogP contribution in [0.4, 0.5) is 17.6 Å². The fraction of sp³-hybridized carbons (Fsp3) is 0.250. The van der Waals surface area contributed by atoms with Gasteiger partial charge in [0.25, 0.3) is 0 Å². The number of hydrogen-bond acceptors (Lipinski definition) is 3. The van der Waals surface area contributed by atoms with E-state index in [0.717, 1.165) is 18.2 Å². The van der Waals surface area contributed by atoms with Crippen molar-refractivity contribution in [2.45, 2.75) is 32.1 Å². The minimum atomic E-state index is -1.13. The topological polar surface area (TPSA) is 91.7 Å². The molecule has 156 valence electrons. The minimum Gasteiger partial charge on any atom is -0.481 e. The van der Waals surface area contributed by atoms with Crippen LogP contribution in [0.15, 0.2) is 36.4 Å². The van der Waals surface area contributed by atoms with Crippen molar-refractivity contribution in [3.05, 3.63) is 70.8 Å². The molecule has 0 bridgehead atoms. The van der Waals surface area contributed by atoms with Crippen LogP contribution in [0, 0.1) is 23.3 Å². The molecule has 5 nitrogen and oxygen atoms in total. The van der Waals surface area contributed by atoms with E-state index in [1.54, 1.807) is 0 Å². The number of benzene rings is 2. The number of aryl methyl sites for hydroxylation is 1. The van der Waals surface area contributed by atoms with Gasteiger partial charge in [-0.2, -0.15) is 0 Å². The number of Topliss-reactive ketones (excluding diaryl/α,β-unsaturated/α-hetero) is 1. The summed E-state index contributed by atoms with van der Waals surface area (Å²) < 4.78 is 50.9. The second kappa shape index (κ2) is 11.6. The lowest BCUT2D eigenvalue weighted by Gasteiger charge is -2.01. The summed E-state index contributed by atoms with van der Waals surface area (Å²) in [5, 5.41) is 16.7. The zero-order valence-electron chi connectivity index (χ0n) is 15.1. The molecule has 0 atom stereocenters. The number of rotatable bonds is 8. The van der Waals surface area contributed by atoms with Gasteiger partial charge in [-0.1, -0.05) is 6.07 Å². The number of carboxylic acid groups (broad SMARTS) is 2. The van der Waals surface area contributed by atoms with Gasteiger partial charge in [0, 0.05) is 25.0 Å². The summed E-state index contributed by atoms with van der Waals surface area (Å²) in [5.41, 5.74) is 0.0744. The fourth-order valence-electron chi connectivity index (χ4n) is 2.23. The third-order valence-electron chi connectivity index (χ3n) is 3.65. The van der Waals surface area contributed by atoms with Crippen LogP contribution in [-0.4, -0.2) is 27.9 Å². The molecule has 0 aliphatic heterocycles. The molecule has 29 heavy (non-hydrogen) atoms. The number of halogens is 4. The maximum absolute atomic E-state index is 13.0. The second-order valence-electron chi connectivity index (χ2n) is 5.92. The number of carbonyl (C=O) groups is 3. The smallest absolute Gasteiger partial charge is 0.303 e. The van der Waals surface area contributed by atoms with Gasteiger partial charge in [0.05, 0.1) is 12.0 Å². The Labute approximate surface area is 163 Å². The van der Waals surface area contributed by atoms with Gasteiger partial charge in [0.2, 0.25) is 0 Å². The minimum absolute atomic E-state index is 0.00316. The first-order valence-electron chi connectivity index (χ1n) is 8.46. The highest BCUT2D eigenvalue weighted by atomic mass is 19.1. The predicted octanol–water partition coefficient (Wildman–Crippen LogP) is 4.38. The number of ketones is 1. The van der Waals surface area contributed by atoms with Gasteiger partial charge in [0.1, 0.15) is 23.3 Å². The van der Waals surface area contributed by atoms with Crippen molar-refractivity contribution in [2.75, 3.05) is 0 Å². The number of aliphatic carboxylic acids is 2. The lowest BCUT2D eigenvalue weighted by Crippen LogP contribution is -2.06. The summed E-state index contributed by atoms with van der Waals surface area (Å²) in [6.45, 7) is 0. The monoisotopic (exact) mass is 414 g/mol. The molecule has 2 aromatic carbocycles. The molecule has 0 aliphatic rings. The first kappa shape index (κ1) is 23.8. The quantitative estimate of drug-likeness (QED) is 0.494. The van der Waals surface area contributed by atoms with E-state index in [0.29, 0.717) is 24.5 Å². The molecule has 2 rings (SSSR count). The van der Waals surface area contributed by atoms with Crippen molar-refractivity contribution >= 4 is 17.7 Å². The first-order valence-corrected chi connectivity index (χ1v) is 8.46. The molecule has 0 heterocycles. The van der Waals surface area contributed by atoms with E-state index in [4.69, 9.17) is 10.2 Å². The third-order valence-corrected chi connectivity index (χ3v) is 3.65. The SMILES string of the molecule is O=C(O)CCC(=O)c1ccc(F)cc1F.O=C(O)CCCc1ccc(F)cc1F. The summed E-state index contributed by atoms with van der Waals surface area (Å²) in [4.78, 5) is 31.6. The van der Waals surface area contributed by atoms with Crippen LogP contribution < -0.4 is 0 Å². The Morgan fingerprint density at radius 1 is 0.724 bits per heavy atom. The molecule has 0 spiro atoms. The Hall–Kier alpha value is -3.23. The lowest BCUT2D eigenvalue weighted by molar-refractivity contribution is -0.138. The zero-order chi connectivity index (χ0) is 22.0. The average Bonchev–Trinajstić information content (AvgIpc) is 2.62. The zero-order valence-corrected chi connectivity index (χ0v) is 15.1. The number of hydrogen-bond donors (Lipinski definition) is 2. The van der Waals surface area contributed by atoms with Gasteiger partial charge in [-0.15, -0.1) is 0 Å². The summed E-state index contributed by atoms with van der Waals surface area (Å²) >= 11 is 0. The molecule has 2 N–H and O–H groups in total. The Balaban J connectivity index is 0.000000291. The molecule has 0 amide bonds. The fourth-order valence-corrected chi connectivity index (χ4v) is 2.23. The molecule has 0 aliphatic carbocycles. The van der Waals surface area contributed by atoms with Gasteiger partial charge in [-0.25, -0.2) is 17.6 Å². The molecule has 0 unspecified atom stereocenters. The van der Waals surface area contributed by atoms with Crippen LogP contribution in [0.1, 0.15) is 41.6 Å². The molecular weight excluding hydrogens is 396 g/mol. The Kier molecular flexibility index (Phi) is 9.50. The maximum atomic E-state index is 13.0. The Morgan fingerprint density at radius 2 is 1.28 bits per heavy atom. The highest BCUT2D eigenvalue weighted by molar-refractivity contribution is 5.97. The normalized spacial score (nSPS) is 10.1. The molecule has 0 saturated carbocycles. The van der Waals surface area contributed by atoms with Crippen LogP contribution in [0.5, 0.6) is 0 Å². The molecule has 0 saturated heterocycles. The van der Waals surface area contributed by atoms with E-state index in [2.05, 4.69) is 0 Å². The number of carboxylic acids is 2. The number of carbonyl (C=O) groups excluding carboxylic acids is 1. The molecule has 0 radical (unpaired) electrons. The van der Waals surface area contributed by atoms with Crippen LogP contribution >= 0.6 is 0 Å². The summed E-state index contributed by atoms with van der Waals surface area (Å²) in [7, 11) is 0. The average molecular weight is 414 g/mol. The van der Waals surface area contributed by atoms with Crippen LogP contribution in [0.25, 0.3) is 0 Å². The lowest BCUT2D eigenvalue weighted by atomic mass is 10.1. The van der Waals surface area contributed by atoms with Gasteiger partial charge in [-0.3, -0.25) is 14.4 Å². The molecule has 9 heteroatoms. The summed E-state index contributed by atoms with van der Waals surface area (Å²) in [5.74, 6) is -5.67. The highest BCUT2D eigenvalue weighted by Crippen LogP contribution is 2.13. The van der Waals surface area contributed by atoms with E-state index < -0.39 is 41.0 Å². The second-order valence-corrected chi connectivity index (χ2v) is 5.92. The molecule has 0 aromatic heterocycles. The predicted molar refractivity (Wildman–Crippen MR) is 94.5 cm³/mol. The molecule has 0 fully saturated rings. The first-order chi connectivity index (χ1) is 13.6. The molecule has 2 aromatic rings. The van der Waals surface area contributed by atoms with E-state index in [1.165, 1.54) is 12.1 Å². The van der Waals surface area contributed by atoms with Crippen LogP contribution in [0.2, 0.25) is 0 Å². The van der Waals surface area contributed by atoms with E-state index in [9.17, 15) is 31.9 Å². The third kappa shape index (κ3) is 9.00. The molecular formula is C20H18F4O5. The van der Waals surface area contributed by atoms with Gasteiger partial charge in [0.15, 0.2) is 5.78 Å². The van der Waals surface area contributed by atoms with Crippen LogP contribution in [-0.2, 0) is 16.0 Å². The van der Waals surface area contributed by atoms with E-state index >= 15 is 0 Å². The van der Waals surface area contributed by atoms with Crippen molar-refractivity contribution in [1.82, 2.24) is 0 Å². The van der Waals surface area contributed by atoms with Gasteiger partial charge >= 0.3 is 11.9 Å². The maximum Gasteiger partial charge on any atom is 0.303 e. The van der Waals surface area contributed by atoms with Crippen molar-refractivity contribution in [1.29, 1.82) is 0 Å². The van der Waals surface area contributed by atoms with E-state index in [1.807, 2.05) is 0 Å². The summed E-state index contributed by atoms with van der Waals surface area (Å²) in [6, 6.07) is 5.86. The van der Waals surface area contributed by atoms with E-state index in [-0.39, 0.29) is 24.8 Å². The summed E-state index contributed by atoms with van der Waals surface area (Å²) in [6.07, 6.45) is 0.0145. The van der Waals surface area contributed by atoms with Crippen LogP contribution in [0.3, 0.4) is 0 Å². The Bertz CT molecular complexity index is 883. The largest absolute Gasteiger partial charge is 0.481 e. The van der Waals surface area contributed by atoms with Gasteiger partial charge < -0.3 is 10.2 Å². The van der Waals surface area contributed by atoms with Crippen molar-refractivity contribution in [2.24, 2.45) is 0 Å². The van der Waals surface area contributed by atoms with Gasteiger partial charge in [-0.05, 0) is 36.6 Å². The Morgan fingerprint density at radius 3 is 1.79 bits per heavy atom. The highest BCUT2D eigenvalue weighted by Gasteiger charge is 2.13. The van der Waals surface area contributed by atoms with Crippen molar-refractivity contribution < 1.29 is 42.2 Å².